The van der Waals surface area contributed by atoms with E-state index in [1.807, 2.05) is 12.1 Å². The summed E-state index contributed by atoms with van der Waals surface area (Å²) < 4.78 is 0. The molecule has 2 aromatic carbocycles. The van der Waals surface area contributed by atoms with Crippen LogP contribution in [0.5, 0.6) is 11.5 Å². The van der Waals surface area contributed by atoms with Gasteiger partial charge in [-0.1, -0.05) is 19.9 Å². The van der Waals surface area contributed by atoms with Gasteiger partial charge in [0.2, 0.25) is 0 Å². The molecule has 0 amide bonds. The van der Waals surface area contributed by atoms with Crippen molar-refractivity contribution < 1.29 is 20.4 Å². The molecule has 0 bridgehead atoms. The molecule has 40 heavy (non-hydrogen) atoms. The van der Waals surface area contributed by atoms with E-state index in [2.05, 4.69) is 26.0 Å². The molecule has 4 fully saturated rings. The topological polar surface area (TPSA) is 80.9 Å². The molecule has 0 spiro atoms. The maximum atomic E-state index is 11.5. The highest BCUT2D eigenvalue weighted by molar-refractivity contribution is 5.81. The number of fused-ring (bicyclic) bond motifs is 10. The fourth-order valence-corrected chi connectivity index (χ4v) is 11.7. The summed E-state index contributed by atoms with van der Waals surface area (Å²) in [6.07, 6.45) is 12.2. The van der Waals surface area contributed by atoms with Crippen LogP contribution < -0.4 is 0 Å². The number of hydrogen-bond donors (Lipinski definition) is 4. The van der Waals surface area contributed by atoms with E-state index in [4.69, 9.17) is 0 Å². The van der Waals surface area contributed by atoms with E-state index in [1.54, 1.807) is 0 Å². The quantitative estimate of drug-likeness (QED) is 0.307. The van der Waals surface area contributed by atoms with Crippen molar-refractivity contribution in [3.8, 4) is 22.6 Å². The van der Waals surface area contributed by atoms with Crippen LogP contribution in [0, 0.1) is 34.5 Å². The average molecular weight is 543 g/mol. The molecule has 8 rings (SSSR count). The van der Waals surface area contributed by atoms with Crippen LogP contribution in [-0.2, 0) is 12.8 Å². The van der Waals surface area contributed by atoms with Gasteiger partial charge in [-0.15, -0.1) is 0 Å². The van der Waals surface area contributed by atoms with E-state index in [1.165, 1.54) is 22.3 Å². The highest BCUT2D eigenvalue weighted by atomic mass is 16.3. The summed E-state index contributed by atoms with van der Waals surface area (Å²) in [4.78, 5) is 0. The normalized spacial score (nSPS) is 43.2. The Bertz CT molecular complexity index is 1370. The monoisotopic (exact) mass is 542 g/mol. The summed E-state index contributed by atoms with van der Waals surface area (Å²) in [6.45, 7) is 4.64. The van der Waals surface area contributed by atoms with Crippen LogP contribution in [0.1, 0.15) is 112 Å². The summed E-state index contributed by atoms with van der Waals surface area (Å²) in [5.74, 6) is 3.65. The Morgan fingerprint density at radius 3 is 1.93 bits per heavy atom. The molecule has 0 unspecified atom stereocenters. The number of aromatic hydroxyl groups is 2. The molecule has 214 valence electrons. The van der Waals surface area contributed by atoms with E-state index in [9.17, 15) is 20.4 Å². The number of benzene rings is 2. The van der Waals surface area contributed by atoms with Crippen molar-refractivity contribution in [2.45, 2.75) is 115 Å². The van der Waals surface area contributed by atoms with Gasteiger partial charge in [-0.3, -0.25) is 0 Å². The molecule has 0 aliphatic heterocycles. The lowest BCUT2D eigenvalue weighted by atomic mass is 9.54. The molecule has 0 heterocycles. The number of phenols is 2. The van der Waals surface area contributed by atoms with Crippen LogP contribution in [0.4, 0.5) is 0 Å². The Morgan fingerprint density at radius 1 is 0.650 bits per heavy atom. The van der Waals surface area contributed by atoms with E-state index >= 15 is 0 Å². The Labute approximate surface area is 238 Å². The Hall–Kier alpha value is -2.04. The predicted molar refractivity (Wildman–Crippen MR) is 156 cm³/mol. The van der Waals surface area contributed by atoms with Crippen molar-refractivity contribution in [2.24, 2.45) is 34.5 Å². The molecule has 4 saturated carbocycles. The van der Waals surface area contributed by atoms with Crippen LogP contribution in [0.15, 0.2) is 24.3 Å². The predicted octanol–water partition coefficient (Wildman–Crippen LogP) is 7.20. The van der Waals surface area contributed by atoms with Crippen molar-refractivity contribution in [1.29, 1.82) is 0 Å². The standard InChI is InChI=1S/C36H46O4/c1-35-15-13-21-22(27(35)8-11-31(35)39)7-4-20-17-30(38)26(18-25(20)21)34-29(37)10-5-19-3-6-23-24(33(19)34)14-16-36(2)28(23)9-12-32(36)40/h5,10,17-18,21-24,27-28,31-32,37-40H,3-4,6-9,11-16H2,1-2H3/t21-,22+,23+,24-,27-,28-,31-,32-,35-,36-/m0/s1. The molecule has 6 aliphatic rings. The Morgan fingerprint density at radius 2 is 1.25 bits per heavy atom. The zero-order valence-electron chi connectivity index (χ0n) is 24.2. The Kier molecular flexibility index (Phi) is 5.60. The van der Waals surface area contributed by atoms with Crippen molar-refractivity contribution in [3.63, 3.8) is 0 Å². The van der Waals surface area contributed by atoms with E-state index in [0.717, 1.165) is 88.2 Å². The summed E-state index contributed by atoms with van der Waals surface area (Å²) in [6, 6.07) is 8.26. The first-order valence-electron chi connectivity index (χ1n) is 16.3. The van der Waals surface area contributed by atoms with Crippen LogP contribution in [0.25, 0.3) is 11.1 Å². The largest absolute Gasteiger partial charge is 0.507 e. The van der Waals surface area contributed by atoms with Gasteiger partial charge in [0.05, 0.1) is 12.2 Å². The van der Waals surface area contributed by atoms with Crippen molar-refractivity contribution in [2.75, 3.05) is 0 Å². The molecule has 0 aromatic heterocycles. The number of phenolic OH excluding ortho intramolecular Hbond substituents is 2. The van der Waals surface area contributed by atoms with Crippen molar-refractivity contribution in [3.05, 3.63) is 46.5 Å². The van der Waals surface area contributed by atoms with Crippen LogP contribution in [0.2, 0.25) is 0 Å². The molecule has 4 heteroatoms. The summed E-state index contributed by atoms with van der Waals surface area (Å²) in [7, 11) is 0. The van der Waals surface area contributed by atoms with Gasteiger partial charge in [0.25, 0.3) is 0 Å². The fraction of sp³-hybridized carbons (Fsp3) is 0.667. The summed E-state index contributed by atoms with van der Waals surface area (Å²) >= 11 is 0. The minimum absolute atomic E-state index is 0.0158. The van der Waals surface area contributed by atoms with Gasteiger partial charge in [-0.25, -0.2) is 0 Å². The second-order valence-corrected chi connectivity index (χ2v) is 15.2. The molecule has 10 atom stereocenters. The van der Waals surface area contributed by atoms with Gasteiger partial charge in [-0.2, -0.15) is 0 Å². The third-order valence-electron chi connectivity index (χ3n) is 13.9. The van der Waals surface area contributed by atoms with E-state index < -0.39 is 0 Å². The van der Waals surface area contributed by atoms with Crippen LogP contribution >= 0.6 is 0 Å². The summed E-state index contributed by atoms with van der Waals surface area (Å²) in [5, 5.41) is 44.7. The highest BCUT2D eigenvalue weighted by Crippen LogP contribution is 2.64. The van der Waals surface area contributed by atoms with Crippen LogP contribution in [-0.4, -0.2) is 32.6 Å². The smallest absolute Gasteiger partial charge is 0.123 e. The van der Waals surface area contributed by atoms with Crippen molar-refractivity contribution in [1.82, 2.24) is 0 Å². The molecule has 2 aromatic rings. The molecule has 0 radical (unpaired) electrons. The molecular weight excluding hydrogens is 496 g/mol. The van der Waals surface area contributed by atoms with Crippen molar-refractivity contribution >= 4 is 0 Å². The summed E-state index contributed by atoms with van der Waals surface area (Å²) in [5.41, 5.74) is 7.02. The molecule has 6 aliphatic carbocycles. The SMILES string of the molecule is C[C@]12CC[C@@H]3c4cc(-c5c(O)ccc6c5[C@H]5CC[C@]7(C)[C@@H](O)CC[C@H]7[C@@H]5CC6)c(O)cc4CC[C@H]3[C@@H]1CC[C@@H]2O. The molecule has 0 saturated heterocycles. The first-order valence-corrected chi connectivity index (χ1v) is 16.3. The lowest BCUT2D eigenvalue weighted by Gasteiger charge is -2.51. The molecular formula is C36H46O4. The highest BCUT2D eigenvalue weighted by Gasteiger charge is 2.56. The maximum absolute atomic E-state index is 11.5. The minimum Gasteiger partial charge on any atom is -0.507 e. The molecule has 4 N–H and O–H groups in total. The number of aryl methyl sites for hydroxylation is 2. The first kappa shape index (κ1) is 25.7. The Balaban J connectivity index is 1.22. The minimum atomic E-state index is -0.195. The molecule has 4 nitrogen and oxygen atoms in total. The zero-order valence-corrected chi connectivity index (χ0v) is 24.2. The van der Waals surface area contributed by atoms with E-state index in [-0.39, 0.29) is 28.8 Å². The van der Waals surface area contributed by atoms with Gasteiger partial charge in [-0.05, 0) is 164 Å². The zero-order chi connectivity index (χ0) is 27.6. The third kappa shape index (κ3) is 3.33. The number of rotatable bonds is 1. The average Bonchev–Trinajstić information content (AvgIpc) is 3.42. The van der Waals surface area contributed by atoms with Crippen LogP contribution in [0.3, 0.4) is 0 Å². The lowest BCUT2D eigenvalue weighted by Crippen LogP contribution is -2.44. The first-order chi connectivity index (χ1) is 19.2. The van der Waals surface area contributed by atoms with Gasteiger partial charge in [0, 0.05) is 11.1 Å². The maximum Gasteiger partial charge on any atom is 0.123 e. The fourth-order valence-electron chi connectivity index (χ4n) is 11.7. The second-order valence-electron chi connectivity index (χ2n) is 15.2. The van der Waals surface area contributed by atoms with Gasteiger partial charge >= 0.3 is 0 Å². The number of aliphatic hydroxyl groups excluding tert-OH is 2. The van der Waals surface area contributed by atoms with Gasteiger partial charge in [0.15, 0.2) is 0 Å². The van der Waals surface area contributed by atoms with E-state index in [0.29, 0.717) is 41.3 Å². The van der Waals surface area contributed by atoms with Gasteiger partial charge < -0.3 is 20.4 Å². The third-order valence-corrected chi connectivity index (χ3v) is 13.9. The number of hydrogen-bond acceptors (Lipinski definition) is 4. The number of aliphatic hydroxyl groups is 2. The second kappa shape index (κ2) is 8.74. The lowest BCUT2D eigenvalue weighted by molar-refractivity contribution is -0.0226. The van der Waals surface area contributed by atoms with Gasteiger partial charge in [0.1, 0.15) is 11.5 Å².